The fraction of sp³-hybridized carbons (Fsp3) is 0.130. The number of carbonyl (C=O) groups excluding carboxylic acids is 2. The highest BCUT2D eigenvalue weighted by Gasteiger charge is 2.23. The summed E-state index contributed by atoms with van der Waals surface area (Å²) in [5.41, 5.74) is 2.32. The molecule has 3 N–H and O–H groups in total. The van der Waals surface area contributed by atoms with Crippen molar-refractivity contribution < 1.29 is 27.5 Å². The van der Waals surface area contributed by atoms with Gasteiger partial charge in [0.2, 0.25) is 0 Å². The van der Waals surface area contributed by atoms with Crippen LogP contribution in [0.2, 0.25) is 0 Å². The normalized spacial score (nSPS) is 12.7. The number of nitrogens with one attached hydrogen (secondary N) is 3. The van der Waals surface area contributed by atoms with Crippen LogP contribution in [0.5, 0.6) is 11.5 Å². The first kappa shape index (κ1) is 22.2. The largest absolute Gasteiger partial charge is 0.495 e. The standard InChI is InChI=1S/C23H21N3O6S/c1-14-3-6-16(7-4-14)26-33(29,30)21-11-15(5-9-20(21)31-2)23(28)24-17-8-10-19-18(12-17)25-22(27)13-32-19/h3-12,26H,13H2,1-2H3,(H,24,28)(H,25,27). The first-order chi connectivity index (χ1) is 15.7. The highest BCUT2D eigenvalue weighted by Crippen LogP contribution is 2.31. The van der Waals surface area contributed by atoms with Gasteiger partial charge in [0.1, 0.15) is 16.4 Å². The van der Waals surface area contributed by atoms with E-state index < -0.39 is 15.9 Å². The van der Waals surface area contributed by atoms with Crippen molar-refractivity contribution in [3.05, 3.63) is 71.8 Å². The van der Waals surface area contributed by atoms with Crippen LogP contribution in [-0.4, -0.2) is 33.9 Å². The maximum absolute atomic E-state index is 13.0. The van der Waals surface area contributed by atoms with Crippen LogP contribution in [0.4, 0.5) is 17.1 Å². The molecule has 2 amide bonds. The number of benzene rings is 3. The van der Waals surface area contributed by atoms with E-state index in [4.69, 9.17) is 9.47 Å². The van der Waals surface area contributed by atoms with Crippen molar-refractivity contribution in [2.24, 2.45) is 0 Å². The topological polar surface area (TPSA) is 123 Å². The Morgan fingerprint density at radius 2 is 1.76 bits per heavy atom. The third-order valence-corrected chi connectivity index (χ3v) is 6.29. The lowest BCUT2D eigenvalue weighted by molar-refractivity contribution is -0.118. The molecule has 0 unspecified atom stereocenters. The van der Waals surface area contributed by atoms with Gasteiger partial charge in [-0.2, -0.15) is 0 Å². The Bertz CT molecular complexity index is 1340. The van der Waals surface area contributed by atoms with E-state index in [-0.39, 0.29) is 28.7 Å². The van der Waals surface area contributed by atoms with E-state index in [1.54, 1.807) is 42.5 Å². The Morgan fingerprint density at radius 3 is 2.48 bits per heavy atom. The molecule has 4 rings (SSSR count). The number of amides is 2. The van der Waals surface area contributed by atoms with Gasteiger partial charge in [0, 0.05) is 16.9 Å². The molecule has 0 radical (unpaired) electrons. The van der Waals surface area contributed by atoms with Crippen LogP contribution in [-0.2, 0) is 14.8 Å². The molecule has 0 aromatic heterocycles. The van der Waals surface area contributed by atoms with Crippen LogP contribution in [0.1, 0.15) is 15.9 Å². The van der Waals surface area contributed by atoms with Crippen LogP contribution in [0.15, 0.2) is 65.6 Å². The maximum Gasteiger partial charge on any atom is 0.265 e. The Kier molecular flexibility index (Phi) is 5.93. The predicted octanol–water partition coefficient (Wildman–Crippen LogP) is 3.39. The van der Waals surface area contributed by atoms with Crippen molar-refractivity contribution in [3.63, 3.8) is 0 Å². The molecule has 9 nitrogen and oxygen atoms in total. The summed E-state index contributed by atoms with van der Waals surface area (Å²) < 4.78 is 39.0. The average molecular weight is 468 g/mol. The van der Waals surface area contributed by atoms with Gasteiger partial charge in [-0.05, 0) is 55.5 Å². The number of carbonyl (C=O) groups is 2. The summed E-state index contributed by atoms with van der Waals surface area (Å²) in [6, 6.07) is 15.8. The van der Waals surface area contributed by atoms with E-state index in [0.717, 1.165) is 5.56 Å². The molecular formula is C23H21N3O6S. The number of methoxy groups -OCH3 is 1. The zero-order valence-corrected chi connectivity index (χ0v) is 18.7. The first-order valence-corrected chi connectivity index (χ1v) is 11.4. The molecule has 3 aromatic carbocycles. The lowest BCUT2D eigenvalue weighted by Gasteiger charge is -2.18. The fourth-order valence-corrected chi connectivity index (χ4v) is 4.48. The number of sulfonamides is 1. The van der Waals surface area contributed by atoms with Gasteiger partial charge in [0.15, 0.2) is 6.61 Å². The zero-order valence-electron chi connectivity index (χ0n) is 17.8. The van der Waals surface area contributed by atoms with Gasteiger partial charge in [-0.1, -0.05) is 17.7 Å². The minimum absolute atomic E-state index is 0.0710. The second-order valence-electron chi connectivity index (χ2n) is 7.34. The van der Waals surface area contributed by atoms with E-state index >= 15 is 0 Å². The van der Waals surface area contributed by atoms with Gasteiger partial charge in [-0.15, -0.1) is 0 Å². The van der Waals surface area contributed by atoms with Gasteiger partial charge in [-0.3, -0.25) is 14.3 Å². The quantitative estimate of drug-likeness (QED) is 0.511. The fourth-order valence-electron chi connectivity index (χ4n) is 3.22. The van der Waals surface area contributed by atoms with Crippen LogP contribution in [0, 0.1) is 6.92 Å². The minimum atomic E-state index is -4.04. The van der Waals surface area contributed by atoms with Crippen LogP contribution in [0.3, 0.4) is 0 Å². The number of fused-ring (bicyclic) bond motifs is 1. The van der Waals surface area contributed by atoms with Crippen LogP contribution < -0.4 is 24.8 Å². The Hall–Kier alpha value is -4.05. The summed E-state index contributed by atoms with van der Waals surface area (Å²) in [5.74, 6) is -0.239. The monoisotopic (exact) mass is 467 g/mol. The van der Waals surface area contributed by atoms with Crippen molar-refractivity contribution in [1.29, 1.82) is 0 Å². The van der Waals surface area contributed by atoms with Gasteiger partial charge in [0.25, 0.3) is 21.8 Å². The first-order valence-electron chi connectivity index (χ1n) is 9.91. The molecule has 1 aliphatic rings. The van der Waals surface area contributed by atoms with Crippen LogP contribution >= 0.6 is 0 Å². The van der Waals surface area contributed by atoms with Crippen molar-refractivity contribution in [3.8, 4) is 11.5 Å². The molecule has 0 atom stereocenters. The van der Waals surface area contributed by atoms with E-state index in [2.05, 4.69) is 15.4 Å². The summed E-state index contributed by atoms with van der Waals surface area (Å²) in [6.07, 6.45) is 0. The molecule has 0 fully saturated rings. The van der Waals surface area contributed by atoms with Crippen molar-refractivity contribution in [2.75, 3.05) is 29.1 Å². The molecule has 3 aromatic rings. The number of anilines is 3. The summed E-state index contributed by atoms with van der Waals surface area (Å²) >= 11 is 0. The molecule has 0 saturated carbocycles. The number of aryl methyl sites for hydroxylation is 1. The van der Waals surface area contributed by atoms with Crippen LogP contribution in [0.25, 0.3) is 0 Å². The summed E-state index contributed by atoms with van der Waals surface area (Å²) in [7, 11) is -2.68. The second kappa shape index (κ2) is 8.83. The molecule has 0 aliphatic carbocycles. The average Bonchev–Trinajstić information content (AvgIpc) is 2.79. The molecule has 0 spiro atoms. The van der Waals surface area contributed by atoms with E-state index in [1.165, 1.54) is 25.3 Å². The molecule has 1 heterocycles. The van der Waals surface area contributed by atoms with E-state index in [0.29, 0.717) is 22.8 Å². The molecule has 1 aliphatic heterocycles. The third kappa shape index (κ3) is 4.90. The number of hydrogen-bond donors (Lipinski definition) is 3. The summed E-state index contributed by atoms with van der Waals surface area (Å²) in [6.45, 7) is 1.82. The highest BCUT2D eigenvalue weighted by molar-refractivity contribution is 7.92. The summed E-state index contributed by atoms with van der Waals surface area (Å²) in [5, 5.41) is 5.36. The van der Waals surface area contributed by atoms with E-state index in [9.17, 15) is 18.0 Å². The maximum atomic E-state index is 13.0. The molecular weight excluding hydrogens is 446 g/mol. The van der Waals surface area contributed by atoms with Crippen molar-refractivity contribution >= 4 is 38.9 Å². The number of rotatable bonds is 6. The smallest absolute Gasteiger partial charge is 0.265 e. The van der Waals surface area contributed by atoms with Gasteiger partial charge >= 0.3 is 0 Å². The van der Waals surface area contributed by atoms with Gasteiger partial charge in [0.05, 0.1) is 12.8 Å². The molecule has 33 heavy (non-hydrogen) atoms. The number of ether oxygens (including phenoxy) is 2. The highest BCUT2D eigenvalue weighted by atomic mass is 32.2. The SMILES string of the molecule is COc1ccc(C(=O)Nc2ccc3c(c2)NC(=O)CO3)cc1S(=O)(=O)Nc1ccc(C)cc1. The Labute approximate surface area is 190 Å². The Balaban J connectivity index is 1.59. The number of hydrogen-bond acceptors (Lipinski definition) is 6. The third-order valence-electron chi connectivity index (χ3n) is 4.89. The predicted molar refractivity (Wildman–Crippen MR) is 124 cm³/mol. The molecule has 0 bridgehead atoms. The Morgan fingerprint density at radius 1 is 1.03 bits per heavy atom. The minimum Gasteiger partial charge on any atom is -0.495 e. The van der Waals surface area contributed by atoms with E-state index in [1.807, 2.05) is 6.92 Å². The molecule has 170 valence electrons. The summed E-state index contributed by atoms with van der Waals surface area (Å²) in [4.78, 5) is 24.2. The lowest BCUT2D eigenvalue weighted by Crippen LogP contribution is -2.25. The molecule has 10 heteroatoms. The van der Waals surface area contributed by atoms with Gasteiger partial charge in [-0.25, -0.2) is 8.42 Å². The molecule has 0 saturated heterocycles. The van der Waals surface area contributed by atoms with Crippen molar-refractivity contribution in [2.45, 2.75) is 11.8 Å². The van der Waals surface area contributed by atoms with Gasteiger partial charge < -0.3 is 20.1 Å². The van der Waals surface area contributed by atoms with Crippen molar-refractivity contribution in [1.82, 2.24) is 0 Å². The second-order valence-corrected chi connectivity index (χ2v) is 8.99. The lowest BCUT2D eigenvalue weighted by atomic mass is 10.2. The zero-order chi connectivity index (χ0) is 23.6.